The molecule has 0 bridgehead atoms. The Morgan fingerprint density at radius 2 is 1.82 bits per heavy atom. The van der Waals surface area contributed by atoms with Crippen LogP contribution in [-0.2, 0) is 26.0 Å². The number of carbonyl (C=O) groups excluding carboxylic acids is 1. The molecule has 0 unspecified atom stereocenters. The van der Waals surface area contributed by atoms with E-state index in [-0.39, 0.29) is 23.0 Å². The number of pyridine rings is 1. The molecule has 0 spiro atoms. The molecule has 5 rings (SSSR count). The predicted octanol–water partition coefficient (Wildman–Crippen LogP) is 4.92. The van der Waals surface area contributed by atoms with Crippen LogP contribution in [0.1, 0.15) is 29.4 Å². The molecular formula is C30H28N4O5S. The number of para-hydroxylation sites is 1. The summed E-state index contributed by atoms with van der Waals surface area (Å²) in [7, 11) is -4.22. The van der Waals surface area contributed by atoms with Crippen LogP contribution in [0.2, 0.25) is 0 Å². The number of hydrogen-bond acceptors (Lipinski definition) is 7. The summed E-state index contributed by atoms with van der Waals surface area (Å²) in [5, 5.41) is 9.07. The maximum absolute atomic E-state index is 14.0. The topological polar surface area (TPSA) is 140 Å². The summed E-state index contributed by atoms with van der Waals surface area (Å²) in [4.78, 5) is 16.9. The number of anilines is 1. The fraction of sp³-hybridized carbons (Fsp3) is 0.167. The fourth-order valence-corrected chi connectivity index (χ4v) is 6.19. The van der Waals surface area contributed by atoms with Gasteiger partial charge in [-0.25, -0.2) is 8.42 Å². The third-order valence-corrected chi connectivity index (χ3v) is 8.49. The number of aryl methyl sites for hydroxylation is 1. The van der Waals surface area contributed by atoms with E-state index < -0.39 is 22.5 Å². The van der Waals surface area contributed by atoms with Crippen molar-refractivity contribution in [2.45, 2.75) is 25.2 Å². The number of nitrogens with two attached hydrogens (primary N) is 1. The van der Waals surface area contributed by atoms with Gasteiger partial charge in [0.1, 0.15) is 28.6 Å². The highest BCUT2D eigenvalue weighted by molar-refractivity contribution is 7.93. The van der Waals surface area contributed by atoms with Gasteiger partial charge in [0.15, 0.2) is 0 Å². The number of hydrogen-bond donors (Lipinski definition) is 2. The Morgan fingerprint density at radius 1 is 1.07 bits per heavy atom. The van der Waals surface area contributed by atoms with Gasteiger partial charge in [0.2, 0.25) is 0 Å². The van der Waals surface area contributed by atoms with Gasteiger partial charge in [-0.1, -0.05) is 42.5 Å². The number of nitrogen functional groups attached to an aromatic ring is 1. The van der Waals surface area contributed by atoms with E-state index in [2.05, 4.69) is 4.98 Å². The molecule has 0 aliphatic carbocycles. The molecule has 204 valence electrons. The number of nitrogens with zero attached hydrogens (tertiary/aromatic N) is 2. The van der Waals surface area contributed by atoms with Crippen LogP contribution >= 0.6 is 0 Å². The average molecular weight is 557 g/mol. The summed E-state index contributed by atoms with van der Waals surface area (Å²) in [5.74, 6) is 0.0473. The van der Waals surface area contributed by atoms with E-state index in [0.717, 1.165) is 26.6 Å². The zero-order chi connectivity index (χ0) is 28.4. The second-order valence-electron chi connectivity index (χ2n) is 9.27. The van der Waals surface area contributed by atoms with Gasteiger partial charge in [-0.2, -0.15) is 0 Å². The molecule has 0 aliphatic rings. The van der Waals surface area contributed by atoms with E-state index in [9.17, 15) is 13.2 Å². The summed E-state index contributed by atoms with van der Waals surface area (Å²) >= 11 is 0. The third kappa shape index (κ3) is 5.13. The number of carbonyl (C=O) groups is 1. The Balaban J connectivity index is 1.56. The number of benzene rings is 3. The molecule has 3 aromatic carbocycles. The highest BCUT2D eigenvalue weighted by Gasteiger charge is 2.30. The normalized spacial score (nSPS) is 11.6. The number of amidine groups is 1. The molecular weight excluding hydrogens is 528 g/mol. The number of esters is 1. The van der Waals surface area contributed by atoms with E-state index in [4.69, 9.17) is 20.3 Å². The van der Waals surface area contributed by atoms with Gasteiger partial charge in [0.05, 0.1) is 17.8 Å². The molecule has 40 heavy (non-hydrogen) atoms. The van der Waals surface area contributed by atoms with Crippen LogP contribution < -0.4 is 10.0 Å². The number of nitrogens with one attached hydrogen (secondary N) is 1. The second-order valence-corrected chi connectivity index (χ2v) is 11.1. The Kier molecular flexibility index (Phi) is 7.27. The van der Waals surface area contributed by atoms with Crippen LogP contribution in [0.3, 0.4) is 0 Å². The molecule has 0 radical (unpaired) electrons. The second kappa shape index (κ2) is 10.8. The maximum atomic E-state index is 14.0. The molecule has 5 aromatic rings. The van der Waals surface area contributed by atoms with E-state index in [1.165, 1.54) is 12.3 Å². The first kappa shape index (κ1) is 26.9. The number of sulfonamides is 1. The molecule has 2 aromatic heterocycles. The molecule has 10 heteroatoms. The van der Waals surface area contributed by atoms with Gasteiger partial charge < -0.3 is 14.9 Å². The van der Waals surface area contributed by atoms with Crippen LogP contribution in [0.15, 0.2) is 88.3 Å². The first-order valence-corrected chi connectivity index (χ1v) is 14.1. The fourth-order valence-electron chi connectivity index (χ4n) is 4.62. The highest BCUT2D eigenvalue weighted by Crippen LogP contribution is 2.33. The Labute approximate surface area is 231 Å². The molecule has 0 saturated carbocycles. The van der Waals surface area contributed by atoms with Crippen LogP contribution in [0.5, 0.6) is 0 Å². The van der Waals surface area contributed by atoms with Gasteiger partial charge in [-0.15, -0.1) is 0 Å². The lowest BCUT2D eigenvalue weighted by atomic mass is 10.0. The first-order valence-electron chi connectivity index (χ1n) is 12.7. The van der Waals surface area contributed by atoms with Crippen LogP contribution in [-0.4, -0.2) is 38.4 Å². The Hall–Kier alpha value is -4.70. The summed E-state index contributed by atoms with van der Waals surface area (Å²) in [6.45, 7) is 3.22. The largest absolute Gasteiger partial charge is 0.465 e. The van der Waals surface area contributed by atoms with Crippen molar-refractivity contribution in [1.82, 2.24) is 4.98 Å². The minimum Gasteiger partial charge on any atom is -0.465 e. The Morgan fingerprint density at radius 3 is 2.55 bits per heavy atom. The van der Waals surface area contributed by atoms with E-state index in [0.29, 0.717) is 28.5 Å². The van der Waals surface area contributed by atoms with Gasteiger partial charge in [-0.3, -0.25) is 19.5 Å². The lowest BCUT2D eigenvalue weighted by Crippen LogP contribution is -2.36. The quantitative estimate of drug-likeness (QED) is 0.149. The van der Waals surface area contributed by atoms with Crippen LogP contribution in [0.25, 0.3) is 21.9 Å². The van der Waals surface area contributed by atoms with Crippen molar-refractivity contribution in [3.63, 3.8) is 0 Å². The lowest BCUT2D eigenvalue weighted by Gasteiger charge is -2.24. The molecule has 0 saturated heterocycles. The standard InChI is InChI=1S/C30H28N4O5S/c1-3-38-28(35)18-34(40(36,37)27-8-4-6-21-7-5-15-33-29(21)27)23-13-14-24-19(2)25(39-26(24)17-23)16-20-9-11-22(12-10-20)30(31)32/h4-15,17H,3,16,18H2,1-2H3,(H3,31,32). The van der Waals surface area contributed by atoms with Crippen molar-refractivity contribution in [2.24, 2.45) is 5.73 Å². The average Bonchev–Trinajstić information content (AvgIpc) is 3.25. The Bertz CT molecular complexity index is 1840. The number of aromatic nitrogens is 1. The molecule has 0 fully saturated rings. The molecule has 0 amide bonds. The van der Waals surface area contributed by atoms with Crippen molar-refractivity contribution in [1.29, 1.82) is 5.41 Å². The van der Waals surface area contributed by atoms with Gasteiger partial charge >= 0.3 is 5.97 Å². The van der Waals surface area contributed by atoms with Crippen molar-refractivity contribution in [3.05, 3.63) is 101 Å². The summed E-state index contributed by atoms with van der Waals surface area (Å²) in [6, 6.07) is 20.9. The summed E-state index contributed by atoms with van der Waals surface area (Å²) < 4.78 is 40.4. The van der Waals surface area contributed by atoms with Crippen LogP contribution in [0.4, 0.5) is 5.69 Å². The third-order valence-electron chi connectivity index (χ3n) is 6.68. The lowest BCUT2D eigenvalue weighted by molar-refractivity contribution is -0.141. The van der Waals surface area contributed by atoms with Gasteiger partial charge in [-0.05, 0) is 49.2 Å². The van der Waals surface area contributed by atoms with Gasteiger partial charge in [0, 0.05) is 35.0 Å². The molecule has 3 N–H and O–H groups in total. The van der Waals surface area contributed by atoms with E-state index in [1.807, 2.05) is 19.1 Å². The first-order chi connectivity index (χ1) is 19.2. The minimum absolute atomic E-state index is 0.000559. The van der Waals surface area contributed by atoms with Crippen molar-refractivity contribution in [3.8, 4) is 0 Å². The number of ether oxygens (including phenoxy) is 1. The maximum Gasteiger partial charge on any atom is 0.326 e. The van der Waals surface area contributed by atoms with Crippen molar-refractivity contribution in [2.75, 3.05) is 17.5 Å². The number of rotatable bonds is 9. The molecule has 9 nitrogen and oxygen atoms in total. The number of fused-ring (bicyclic) bond motifs is 2. The summed E-state index contributed by atoms with van der Waals surface area (Å²) in [6.07, 6.45) is 2.03. The molecule has 0 aliphatic heterocycles. The number of furan rings is 1. The monoisotopic (exact) mass is 556 g/mol. The highest BCUT2D eigenvalue weighted by atomic mass is 32.2. The SMILES string of the molecule is CCOC(=O)CN(c1ccc2c(C)c(Cc3ccc(C(=N)N)cc3)oc2c1)S(=O)(=O)c1cccc2cccnc12. The molecule has 0 atom stereocenters. The predicted molar refractivity (Wildman–Crippen MR) is 154 cm³/mol. The smallest absolute Gasteiger partial charge is 0.326 e. The summed E-state index contributed by atoms with van der Waals surface area (Å²) in [5.41, 5.74) is 9.16. The van der Waals surface area contributed by atoms with E-state index >= 15 is 0 Å². The minimum atomic E-state index is -4.22. The molecule has 2 heterocycles. The van der Waals surface area contributed by atoms with Crippen molar-refractivity contribution >= 4 is 49.4 Å². The zero-order valence-electron chi connectivity index (χ0n) is 22.0. The van der Waals surface area contributed by atoms with Crippen LogP contribution in [0, 0.1) is 12.3 Å². The van der Waals surface area contributed by atoms with Crippen molar-refractivity contribution < 1.29 is 22.4 Å². The van der Waals surface area contributed by atoms with Gasteiger partial charge in [0.25, 0.3) is 10.0 Å². The van der Waals surface area contributed by atoms with E-state index in [1.54, 1.807) is 61.5 Å². The zero-order valence-corrected chi connectivity index (χ0v) is 22.9.